The number of rotatable bonds is 6. The third-order valence-corrected chi connectivity index (χ3v) is 2.76. The number of Topliss-reactive ketones (excluding diaryl/α,β-unsaturated/α-hetero) is 1. The highest BCUT2D eigenvalue weighted by Gasteiger charge is 2.23. The lowest BCUT2D eigenvalue weighted by atomic mass is 9.99. The minimum Gasteiger partial charge on any atom is -0.452 e. The Labute approximate surface area is 115 Å². The molecule has 0 aliphatic rings. The van der Waals surface area contributed by atoms with Crippen molar-refractivity contribution in [3.63, 3.8) is 0 Å². The number of primary amides is 1. The number of carbonyl (C=O) groups excluding carboxylic acids is 3. The number of amides is 1. The van der Waals surface area contributed by atoms with E-state index in [0.717, 1.165) is 0 Å². The Morgan fingerprint density at radius 1 is 1.25 bits per heavy atom. The van der Waals surface area contributed by atoms with Gasteiger partial charge < -0.3 is 10.5 Å². The lowest BCUT2D eigenvalue weighted by molar-refractivity contribution is -0.157. The van der Waals surface area contributed by atoms with Crippen LogP contribution in [0.15, 0.2) is 24.3 Å². The fourth-order valence-corrected chi connectivity index (χ4v) is 1.51. The van der Waals surface area contributed by atoms with Crippen molar-refractivity contribution in [2.45, 2.75) is 26.4 Å². The molecule has 0 bridgehead atoms. The van der Waals surface area contributed by atoms with Crippen molar-refractivity contribution in [3.05, 3.63) is 35.6 Å². The number of benzene rings is 1. The third kappa shape index (κ3) is 4.15. The molecule has 5 nitrogen and oxygen atoms in total. The van der Waals surface area contributed by atoms with E-state index in [-0.39, 0.29) is 12.0 Å². The van der Waals surface area contributed by atoms with Crippen molar-refractivity contribution in [2.24, 2.45) is 11.7 Å². The molecular weight excluding hydrogens is 265 g/mol. The molecule has 0 aliphatic heterocycles. The highest BCUT2D eigenvalue weighted by molar-refractivity contribution is 5.98. The zero-order chi connectivity index (χ0) is 15.3. The van der Waals surface area contributed by atoms with Crippen LogP contribution in [0.25, 0.3) is 0 Å². The first-order valence-electron chi connectivity index (χ1n) is 6.10. The molecule has 0 heterocycles. The van der Waals surface area contributed by atoms with Gasteiger partial charge in [0, 0.05) is 6.42 Å². The Morgan fingerprint density at radius 2 is 1.85 bits per heavy atom. The standard InChI is InChI=1S/C14H16FNO4/c1-8(14(19)20-9(2)13(16)18)7-12(17)10-5-3-4-6-11(10)15/h3-6,8-9H,7H2,1-2H3,(H2,16,18)/t8-,9-/m0/s1. The summed E-state index contributed by atoms with van der Waals surface area (Å²) in [5.41, 5.74) is 4.89. The monoisotopic (exact) mass is 281 g/mol. The third-order valence-electron chi connectivity index (χ3n) is 2.76. The molecule has 1 amide bonds. The van der Waals surface area contributed by atoms with E-state index < -0.39 is 35.5 Å². The molecule has 0 radical (unpaired) electrons. The fraction of sp³-hybridized carbons (Fsp3) is 0.357. The molecule has 20 heavy (non-hydrogen) atoms. The summed E-state index contributed by atoms with van der Waals surface area (Å²) in [6.07, 6.45) is -1.26. The molecule has 0 saturated carbocycles. The smallest absolute Gasteiger partial charge is 0.309 e. The molecule has 6 heteroatoms. The van der Waals surface area contributed by atoms with E-state index in [9.17, 15) is 18.8 Å². The molecule has 2 N–H and O–H groups in total. The number of carbonyl (C=O) groups is 3. The average Bonchev–Trinajstić information content (AvgIpc) is 2.38. The quantitative estimate of drug-likeness (QED) is 0.631. The minimum absolute atomic E-state index is 0.0740. The Balaban J connectivity index is 2.64. The van der Waals surface area contributed by atoms with E-state index in [0.29, 0.717) is 0 Å². The predicted molar refractivity (Wildman–Crippen MR) is 69.3 cm³/mol. The number of halogens is 1. The molecule has 1 aromatic carbocycles. The lowest BCUT2D eigenvalue weighted by Gasteiger charge is -2.14. The van der Waals surface area contributed by atoms with Gasteiger partial charge in [0.2, 0.25) is 0 Å². The number of ketones is 1. The zero-order valence-corrected chi connectivity index (χ0v) is 11.3. The molecule has 0 saturated heterocycles. The molecule has 1 rings (SSSR count). The Bertz CT molecular complexity index is 530. The molecule has 108 valence electrons. The Kier molecular flexibility index (Phi) is 5.37. The number of esters is 1. The average molecular weight is 281 g/mol. The fourth-order valence-electron chi connectivity index (χ4n) is 1.51. The number of hydrogen-bond donors (Lipinski definition) is 1. The van der Waals surface area contributed by atoms with Gasteiger partial charge in [-0.3, -0.25) is 14.4 Å². The van der Waals surface area contributed by atoms with Gasteiger partial charge in [0.1, 0.15) is 5.82 Å². The normalized spacial score (nSPS) is 13.3. The summed E-state index contributed by atoms with van der Waals surface area (Å²) >= 11 is 0. The molecule has 0 aliphatic carbocycles. The molecule has 0 unspecified atom stereocenters. The second kappa shape index (κ2) is 6.79. The maximum absolute atomic E-state index is 13.4. The molecule has 0 fully saturated rings. The molecule has 0 spiro atoms. The van der Waals surface area contributed by atoms with Crippen molar-refractivity contribution in [2.75, 3.05) is 0 Å². The van der Waals surface area contributed by atoms with Gasteiger partial charge in [0.15, 0.2) is 11.9 Å². The second-order valence-electron chi connectivity index (χ2n) is 4.49. The van der Waals surface area contributed by atoms with Crippen LogP contribution in [0.2, 0.25) is 0 Å². The highest BCUT2D eigenvalue weighted by Crippen LogP contribution is 2.14. The van der Waals surface area contributed by atoms with Crippen LogP contribution in [0.3, 0.4) is 0 Å². The van der Waals surface area contributed by atoms with Gasteiger partial charge in [-0.05, 0) is 19.1 Å². The number of hydrogen-bond acceptors (Lipinski definition) is 4. The lowest BCUT2D eigenvalue weighted by Crippen LogP contribution is -2.32. The van der Waals surface area contributed by atoms with Crippen LogP contribution < -0.4 is 5.73 Å². The van der Waals surface area contributed by atoms with E-state index in [4.69, 9.17) is 10.5 Å². The maximum Gasteiger partial charge on any atom is 0.309 e. The van der Waals surface area contributed by atoms with Gasteiger partial charge in [-0.2, -0.15) is 0 Å². The maximum atomic E-state index is 13.4. The summed E-state index contributed by atoms with van der Waals surface area (Å²) in [6, 6.07) is 5.53. The minimum atomic E-state index is -1.06. The van der Waals surface area contributed by atoms with Crippen LogP contribution in [-0.2, 0) is 14.3 Å². The Morgan fingerprint density at radius 3 is 2.40 bits per heavy atom. The number of nitrogens with two attached hydrogens (primary N) is 1. The first-order chi connectivity index (χ1) is 9.32. The van der Waals surface area contributed by atoms with Gasteiger partial charge in [0.05, 0.1) is 11.5 Å². The van der Waals surface area contributed by atoms with E-state index >= 15 is 0 Å². The number of ether oxygens (including phenoxy) is 1. The summed E-state index contributed by atoms with van der Waals surface area (Å²) in [4.78, 5) is 34.3. The molecule has 0 aromatic heterocycles. The predicted octanol–water partition coefficient (Wildman–Crippen LogP) is 1.45. The molecule has 2 atom stereocenters. The summed E-state index contributed by atoms with van der Waals surface area (Å²) in [6.45, 7) is 2.81. The van der Waals surface area contributed by atoms with Gasteiger partial charge >= 0.3 is 5.97 Å². The van der Waals surface area contributed by atoms with Gasteiger partial charge in [0.25, 0.3) is 5.91 Å². The van der Waals surface area contributed by atoms with E-state index in [1.807, 2.05) is 0 Å². The van der Waals surface area contributed by atoms with Crippen molar-refractivity contribution in [3.8, 4) is 0 Å². The topological polar surface area (TPSA) is 86.5 Å². The first kappa shape index (κ1) is 15.8. The van der Waals surface area contributed by atoms with Crippen LogP contribution in [0.5, 0.6) is 0 Å². The molecular formula is C14H16FNO4. The van der Waals surface area contributed by atoms with Crippen LogP contribution in [0.4, 0.5) is 4.39 Å². The van der Waals surface area contributed by atoms with E-state index in [1.54, 1.807) is 0 Å². The van der Waals surface area contributed by atoms with Gasteiger partial charge in [-0.15, -0.1) is 0 Å². The van der Waals surface area contributed by atoms with Crippen LogP contribution in [0.1, 0.15) is 30.6 Å². The van der Waals surface area contributed by atoms with Crippen LogP contribution in [0, 0.1) is 11.7 Å². The summed E-state index contributed by atoms with van der Waals surface area (Å²) in [5.74, 6) is -3.42. The van der Waals surface area contributed by atoms with Gasteiger partial charge in [-0.25, -0.2) is 4.39 Å². The van der Waals surface area contributed by atoms with Crippen LogP contribution >= 0.6 is 0 Å². The highest BCUT2D eigenvalue weighted by atomic mass is 19.1. The van der Waals surface area contributed by atoms with Crippen molar-refractivity contribution < 1.29 is 23.5 Å². The van der Waals surface area contributed by atoms with Crippen LogP contribution in [-0.4, -0.2) is 23.8 Å². The zero-order valence-electron chi connectivity index (χ0n) is 11.3. The van der Waals surface area contributed by atoms with Crippen molar-refractivity contribution >= 4 is 17.7 Å². The van der Waals surface area contributed by atoms with Crippen molar-refractivity contribution in [1.29, 1.82) is 0 Å². The summed E-state index contributed by atoms with van der Waals surface area (Å²) in [7, 11) is 0. The SMILES string of the molecule is C[C@H](OC(=O)[C@@H](C)CC(=O)c1ccccc1F)C(N)=O. The largest absolute Gasteiger partial charge is 0.452 e. The molecule has 1 aromatic rings. The van der Waals surface area contributed by atoms with E-state index in [1.165, 1.54) is 38.1 Å². The van der Waals surface area contributed by atoms with E-state index in [2.05, 4.69) is 0 Å². The first-order valence-corrected chi connectivity index (χ1v) is 6.10. The summed E-state index contributed by atoms with van der Waals surface area (Å²) < 4.78 is 18.2. The summed E-state index contributed by atoms with van der Waals surface area (Å²) in [5, 5.41) is 0. The van der Waals surface area contributed by atoms with Gasteiger partial charge in [-0.1, -0.05) is 19.1 Å². The van der Waals surface area contributed by atoms with Crippen molar-refractivity contribution in [1.82, 2.24) is 0 Å². The Hall–Kier alpha value is -2.24. The second-order valence-corrected chi connectivity index (χ2v) is 4.49.